The smallest absolute Gasteiger partial charge is 0.114 e. The van der Waals surface area contributed by atoms with E-state index in [0.717, 1.165) is 32.6 Å². The summed E-state index contributed by atoms with van der Waals surface area (Å²) in [4.78, 5) is 9.01. The summed E-state index contributed by atoms with van der Waals surface area (Å²) in [6, 6.07) is 0. The maximum absolute atomic E-state index is 4.90. The number of rotatable bonds is 3. The third-order valence-electron chi connectivity index (χ3n) is 3.80. The van der Waals surface area contributed by atoms with Crippen LogP contribution >= 0.6 is 0 Å². The highest BCUT2D eigenvalue weighted by Gasteiger charge is 2.26. The highest BCUT2D eigenvalue weighted by Crippen LogP contribution is 2.26. The molecule has 0 atom stereocenters. The van der Waals surface area contributed by atoms with Crippen LogP contribution in [-0.2, 0) is 31.5 Å². The van der Waals surface area contributed by atoms with Gasteiger partial charge in [-0.05, 0) is 0 Å². The van der Waals surface area contributed by atoms with Crippen molar-refractivity contribution in [3.63, 3.8) is 0 Å². The molecule has 1 aliphatic rings. The second kappa shape index (κ2) is 5.05. The van der Waals surface area contributed by atoms with Crippen molar-refractivity contribution in [2.75, 3.05) is 6.54 Å². The molecule has 0 spiro atoms. The Morgan fingerprint density at radius 2 is 2.15 bits per heavy atom. The Hall–Kier alpha value is -1.62. The zero-order chi connectivity index (χ0) is 14.2. The summed E-state index contributed by atoms with van der Waals surface area (Å²) >= 11 is 0. The molecule has 3 rings (SSSR count). The van der Waals surface area contributed by atoms with Crippen molar-refractivity contribution < 1.29 is 0 Å². The average Bonchev–Trinajstić information content (AvgIpc) is 3.03. The van der Waals surface area contributed by atoms with Gasteiger partial charge in [-0.3, -0.25) is 0 Å². The molecule has 0 bridgehead atoms. The van der Waals surface area contributed by atoms with E-state index in [1.165, 1.54) is 17.2 Å². The standard InChI is InChI=1S/C15H23N5/c1-15(2,3)14-18-12-10-16-5-4-13(12)20(14)9-8-19-7-6-17-11-19/h6-7,11,16H,4-5,8-10H2,1-3H3. The van der Waals surface area contributed by atoms with E-state index >= 15 is 0 Å². The molecule has 2 aromatic heterocycles. The lowest BCUT2D eigenvalue weighted by molar-refractivity contribution is 0.466. The monoisotopic (exact) mass is 273 g/mol. The van der Waals surface area contributed by atoms with Crippen LogP contribution in [0.25, 0.3) is 0 Å². The number of imidazole rings is 2. The van der Waals surface area contributed by atoms with Crippen LogP contribution in [0.3, 0.4) is 0 Å². The van der Waals surface area contributed by atoms with E-state index in [-0.39, 0.29) is 5.41 Å². The molecule has 0 unspecified atom stereocenters. The molecule has 0 amide bonds. The molecular formula is C15H23N5. The van der Waals surface area contributed by atoms with E-state index < -0.39 is 0 Å². The lowest BCUT2D eigenvalue weighted by atomic mass is 9.95. The lowest BCUT2D eigenvalue weighted by Gasteiger charge is -2.22. The summed E-state index contributed by atoms with van der Waals surface area (Å²) in [6.07, 6.45) is 6.80. The highest BCUT2D eigenvalue weighted by atomic mass is 15.2. The molecule has 5 nitrogen and oxygen atoms in total. The number of hydrogen-bond donors (Lipinski definition) is 1. The lowest BCUT2D eigenvalue weighted by Crippen LogP contribution is -2.26. The fraction of sp³-hybridized carbons (Fsp3) is 0.600. The number of nitrogens with one attached hydrogen (secondary N) is 1. The minimum atomic E-state index is 0.0757. The Morgan fingerprint density at radius 3 is 2.85 bits per heavy atom. The van der Waals surface area contributed by atoms with Crippen LogP contribution in [0.15, 0.2) is 18.7 Å². The Kier molecular flexibility index (Phi) is 3.38. The summed E-state index contributed by atoms with van der Waals surface area (Å²) in [6.45, 7) is 10.6. The van der Waals surface area contributed by atoms with Crippen LogP contribution in [0.5, 0.6) is 0 Å². The summed E-state index contributed by atoms with van der Waals surface area (Å²) < 4.78 is 4.55. The van der Waals surface area contributed by atoms with Gasteiger partial charge in [-0.2, -0.15) is 0 Å². The third kappa shape index (κ3) is 2.50. The predicted octanol–water partition coefficient (Wildman–Crippen LogP) is 1.72. The first-order valence-corrected chi connectivity index (χ1v) is 7.31. The molecule has 108 valence electrons. The van der Waals surface area contributed by atoms with Crippen LogP contribution in [0.4, 0.5) is 0 Å². The zero-order valence-electron chi connectivity index (χ0n) is 12.6. The van der Waals surface area contributed by atoms with Gasteiger partial charge in [0.05, 0.1) is 12.0 Å². The summed E-state index contributed by atoms with van der Waals surface area (Å²) in [5, 5.41) is 3.41. The van der Waals surface area contributed by atoms with Gasteiger partial charge in [-0.15, -0.1) is 0 Å². The summed E-state index contributed by atoms with van der Waals surface area (Å²) in [5.41, 5.74) is 2.72. The number of aryl methyl sites for hydroxylation is 1. The highest BCUT2D eigenvalue weighted by molar-refractivity contribution is 5.23. The molecule has 0 fully saturated rings. The van der Waals surface area contributed by atoms with E-state index in [1.54, 1.807) is 0 Å². The zero-order valence-corrected chi connectivity index (χ0v) is 12.6. The third-order valence-corrected chi connectivity index (χ3v) is 3.80. The quantitative estimate of drug-likeness (QED) is 0.926. The molecular weight excluding hydrogens is 250 g/mol. The van der Waals surface area contributed by atoms with E-state index in [2.05, 4.69) is 40.2 Å². The minimum absolute atomic E-state index is 0.0757. The second-order valence-corrected chi connectivity index (χ2v) is 6.46. The minimum Gasteiger partial charge on any atom is -0.336 e. The molecule has 0 aromatic carbocycles. The number of fused-ring (bicyclic) bond motifs is 1. The molecule has 0 saturated carbocycles. The van der Waals surface area contributed by atoms with Gasteiger partial charge in [0, 0.05) is 56.1 Å². The number of hydrogen-bond acceptors (Lipinski definition) is 3. The van der Waals surface area contributed by atoms with Crippen LogP contribution in [-0.4, -0.2) is 25.6 Å². The van der Waals surface area contributed by atoms with Gasteiger partial charge in [0.25, 0.3) is 0 Å². The first kappa shape index (κ1) is 13.4. The molecule has 2 aromatic rings. The van der Waals surface area contributed by atoms with E-state index in [0.29, 0.717) is 0 Å². The fourth-order valence-electron chi connectivity index (χ4n) is 2.82. The maximum atomic E-state index is 4.90. The topological polar surface area (TPSA) is 47.7 Å². The maximum Gasteiger partial charge on any atom is 0.114 e. The van der Waals surface area contributed by atoms with Crippen molar-refractivity contribution in [3.05, 3.63) is 35.9 Å². The second-order valence-electron chi connectivity index (χ2n) is 6.46. The molecule has 3 heterocycles. The van der Waals surface area contributed by atoms with Crippen LogP contribution in [0.1, 0.15) is 38.0 Å². The number of nitrogens with zero attached hydrogens (tertiary/aromatic N) is 4. The Morgan fingerprint density at radius 1 is 1.30 bits per heavy atom. The Balaban J connectivity index is 1.92. The van der Waals surface area contributed by atoms with Crippen molar-refractivity contribution >= 4 is 0 Å². The van der Waals surface area contributed by atoms with Gasteiger partial charge in [-0.1, -0.05) is 20.8 Å². The SMILES string of the molecule is CC(C)(C)c1nc2c(n1CCn1ccnc1)CCNC2. The van der Waals surface area contributed by atoms with Crippen molar-refractivity contribution in [3.8, 4) is 0 Å². The first-order chi connectivity index (χ1) is 9.55. The van der Waals surface area contributed by atoms with Crippen molar-refractivity contribution in [2.24, 2.45) is 0 Å². The summed E-state index contributed by atoms with van der Waals surface area (Å²) in [5.74, 6) is 1.20. The van der Waals surface area contributed by atoms with Gasteiger partial charge >= 0.3 is 0 Å². The largest absolute Gasteiger partial charge is 0.336 e. The predicted molar refractivity (Wildman–Crippen MR) is 78.6 cm³/mol. The van der Waals surface area contributed by atoms with Crippen molar-refractivity contribution in [1.82, 2.24) is 24.4 Å². The molecule has 0 saturated heterocycles. The van der Waals surface area contributed by atoms with Gasteiger partial charge in [-0.25, -0.2) is 9.97 Å². The average molecular weight is 273 g/mol. The van der Waals surface area contributed by atoms with Crippen molar-refractivity contribution in [2.45, 2.75) is 52.2 Å². The molecule has 0 radical (unpaired) electrons. The normalized spacial score (nSPS) is 15.3. The summed E-state index contributed by atoms with van der Waals surface area (Å²) in [7, 11) is 0. The first-order valence-electron chi connectivity index (χ1n) is 7.31. The van der Waals surface area contributed by atoms with E-state index in [4.69, 9.17) is 4.98 Å². The molecule has 20 heavy (non-hydrogen) atoms. The molecule has 0 aliphatic carbocycles. The van der Waals surface area contributed by atoms with Gasteiger partial charge in [0.15, 0.2) is 0 Å². The molecule has 1 N–H and O–H groups in total. The Bertz CT molecular complexity index is 574. The van der Waals surface area contributed by atoms with Crippen LogP contribution in [0, 0.1) is 0 Å². The van der Waals surface area contributed by atoms with E-state index in [1.807, 2.05) is 18.7 Å². The van der Waals surface area contributed by atoms with E-state index in [9.17, 15) is 0 Å². The van der Waals surface area contributed by atoms with Crippen LogP contribution < -0.4 is 5.32 Å². The van der Waals surface area contributed by atoms with Gasteiger partial charge in [0.1, 0.15) is 5.82 Å². The van der Waals surface area contributed by atoms with Gasteiger partial charge in [0.2, 0.25) is 0 Å². The number of aromatic nitrogens is 4. The van der Waals surface area contributed by atoms with Gasteiger partial charge < -0.3 is 14.5 Å². The molecule has 5 heteroatoms. The van der Waals surface area contributed by atoms with Crippen molar-refractivity contribution in [1.29, 1.82) is 0 Å². The van der Waals surface area contributed by atoms with Crippen LogP contribution in [0.2, 0.25) is 0 Å². The Labute approximate surface area is 120 Å². The fourth-order valence-corrected chi connectivity index (χ4v) is 2.82. The molecule has 1 aliphatic heterocycles.